The van der Waals surface area contributed by atoms with E-state index >= 15 is 0 Å². The second-order valence-electron chi connectivity index (χ2n) is 9.90. The number of nitrogens with one attached hydrogen (secondary N) is 1. The van der Waals surface area contributed by atoms with E-state index in [2.05, 4.69) is 5.32 Å². The van der Waals surface area contributed by atoms with E-state index in [1.54, 1.807) is 43.3 Å². The number of sulfonamides is 1. The van der Waals surface area contributed by atoms with Gasteiger partial charge in [0.15, 0.2) is 0 Å². The lowest BCUT2D eigenvalue weighted by Gasteiger charge is -2.32. The van der Waals surface area contributed by atoms with Crippen LogP contribution in [0.4, 0.5) is 0 Å². The SMILES string of the molecule is C[C@@H](C(=O)NC1CCCCC1)N(Cc1ccccc1Cl)C(=O)CN(C)S(=O)(=O)c1ccc2ccccc2c1. The Bertz CT molecular complexity index is 1410. The summed E-state index contributed by atoms with van der Waals surface area (Å²) in [5, 5.41) is 5.28. The van der Waals surface area contributed by atoms with E-state index in [1.807, 2.05) is 30.3 Å². The zero-order chi connectivity index (χ0) is 27.3. The van der Waals surface area contributed by atoms with Gasteiger partial charge in [0, 0.05) is 24.7 Å². The predicted molar refractivity (Wildman–Crippen MR) is 150 cm³/mol. The maximum Gasteiger partial charge on any atom is 0.243 e. The molecule has 4 rings (SSSR count). The monoisotopic (exact) mass is 555 g/mol. The van der Waals surface area contributed by atoms with Crippen LogP contribution in [0.5, 0.6) is 0 Å². The molecular formula is C29H34ClN3O4S. The van der Waals surface area contributed by atoms with Crippen LogP contribution in [-0.2, 0) is 26.2 Å². The van der Waals surface area contributed by atoms with Gasteiger partial charge in [0.2, 0.25) is 21.8 Å². The number of carbonyl (C=O) groups is 2. The molecule has 0 heterocycles. The Morgan fingerprint density at radius 3 is 2.34 bits per heavy atom. The molecule has 1 N–H and O–H groups in total. The molecule has 3 aromatic carbocycles. The maximum atomic E-state index is 13.6. The molecule has 1 aliphatic rings. The minimum Gasteiger partial charge on any atom is -0.352 e. The van der Waals surface area contributed by atoms with Gasteiger partial charge in [-0.3, -0.25) is 9.59 Å². The van der Waals surface area contributed by atoms with Crippen LogP contribution < -0.4 is 5.32 Å². The lowest BCUT2D eigenvalue weighted by molar-refractivity contribution is -0.141. The predicted octanol–water partition coefficient (Wildman–Crippen LogP) is 4.98. The van der Waals surface area contributed by atoms with Crippen LogP contribution in [0, 0.1) is 0 Å². The molecule has 0 radical (unpaired) electrons. The van der Waals surface area contributed by atoms with Crippen LogP contribution in [0.1, 0.15) is 44.6 Å². The molecule has 2 amide bonds. The summed E-state index contributed by atoms with van der Waals surface area (Å²) in [5.41, 5.74) is 0.680. The van der Waals surface area contributed by atoms with Crippen molar-refractivity contribution in [2.45, 2.75) is 62.6 Å². The molecule has 202 valence electrons. The number of fused-ring (bicyclic) bond motifs is 1. The Balaban J connectivity index is 1.54. The van der Waals surface area contributed by atoms with Gasteiger partial charge in [-0.1, -0.05) is 79.4 Å². The fourth-order valence-corrected chi connectivity index (χ4v) is 6.19. The fraction of sp³-hybridized carbons (Fsp3) is 0.379. The van der Waals surface area contributed by atoms with Crippen LogP contribution in [0.3, 0.4) is 0 Å². The number of amides is 2. The molecule has 0 bridgehead atoms. The van der Waals surface area contributed by atoms with E-state index in [1.165, 1.54) is 11.9 Å². The van der Waals surface area contributed by atoms with Crippen molar-refractivity contribution < 1.29 is 18.0 Å². The van der Waals surface area contributed by atoms with Crippen LogP contribution in [0.15, 0.2) is 71.6 Å². The van der Waals surface area contributed by atoms with Gasteiger partial charge in [-0.25, -0.2) is 8.42 Å². The third-order valence-electron chi connectivity index (χ3n) is 7.20. The van der Waals surface area contributed by atoms with Gasteiger partial charge in [0.25, 0.3) is 0 Å². The molecule has 0 saturated heterocycles. The molecule has 0 unspecified atom stereocenters. The average Bonchev–Trinajstić information content (AvgIpc) is 2.92. The number of benzene rings is 3. The number of hydrogen-bond donors (Lipinski definition) is 1. The third kappa shape index (κ3) is 6.54. The maximum absolute atomic E-state index is 13.6. The number of rotatable bonds is 9. The van der Waals surface area contributed by atoms with Crippen LogP contribution in [0.25, 0.3) is 10.8 Å². The van der Waals surface area contributed by atoms with Crippen molar-refractivity contribution in [3.05, 3.63) is 77.3 Å². The molecule has 1 atom stereocenters. The summed E-state index contributed by atoms with van der Waals surface area (Å²) in [7, 11) is -2.57. The van der Waals surface area contributed by atoms with Gasteiger partial charge in [0.1, 0.15) is 6.04 Å². The molecule has 38 heavy (non-hydrogen) atoms. The molecule has 0 aliphatic heterocycles. The summed E-state index contributed by atoms with van der Waals surface area (Å²) >= 11 is 6.37. The molecule has 7 nitrogen and oxygen atoms in total. The first-order chi connectivity index (χ1) is 18.2. The van der Waals surface area contributed by atoms with Crippen molar-refractivity contribution in [2.24, 2.45) is 0 Å². The Morgan fingerprint density at radius 2 is 1.63 bits per heavy atom. The smallest absolute Gasteiger partial charge is 0.243 e. The molecule has 1 saturated carbocycles. The van der Waals surface area contributed by atoms with Crippen molar-refractivity contribution >= 4 is 44.2 Å². The van der Waals surface area contributed by atoms with Crippen LogP contribution >= 0.6 is 11.6 Å². The second-order valence-corrected chi connectivity index (χ2v) is 12.4. The normalized spacial score (nSPS) is 15.4. The molecule has 0 spiro atoms. The molecule has 1 fully saturated rings. The number of carbonyl (C=O) groups excluding carboxylic acids is 2. The zero-order valence-electron chi connectivity index (χ0n) is 21.8. The summed E-state index contributed by atoms with van der Waals surface area (Å²) in [5.74, 6) is -0.736. The van der Waals surface area contributed by atoms with Crippen molar-refractivity contribution in [1.29, 1.82) is 0 Å². The highest BCUT2D eigenvalue weighted by Crippen LogP contribution is 2.23. The van der Waals surface area contributed by atoms with E-state index < -0.39 is 28.5 Å². The van der Waals surface area contributed by atoms with E-state index in [4.69, 9.17) is 11.6 Å². The third-order valence-corrected chi connectivity index (χ3v) is 9.37. The van der Waals surface area contributed by atoms with Crippen molar-refractivity contribution in [3.63, 3.8) is 0 Å². The minimum atomic E-state index is -3.95. The van der Waals surface area contributed by atoms with Crippen LogP contribution in [-0.4, -0.2) is 55.1 Å². The lowest BCUT2D eigenvalue weighted by Crippen LogP contribution is -2.52. The van der Waals surface area contributed by atoms with Crippen molar-refractivity contribution in [2.75, 3.05) is 13.6 Å². The molecular weight excluding hydrogens is 522 g/mol. The van der Waals surface area contributed by atoms with E-state index in [0.717, 1.165) is 47.2 Å². The first-order valence-electron chi connectivity index (χ1n) is 12.9. The number of nitrogens with zero attached hydrogens (tertiary/aromatic N) is 2. The van der Waals surface area contributed by atoms with Gasteiger partial charge >= 0.3 is 0 Å². The fourth-order valence-electron chi connectivity index (χ4n) is 4.84. The first kappa shape index (κ1) is 28.1. The molecule has 3 aromatic rings. The largest absolute Gasteiger partial charge is 0.352 e. The van der Waals surface area contributed by atoms with Gasteiger partial charge in [-0.2, -0.15) is 4.31 Å². The molecule has 1 aliphatic carbocycles. The van der Waals surface area contributed by atoms with Gasteiger partial charge < -0.3 is 10.2 Å². The van der Waals surface area contributed by atoms with Gasteiger partial charge in [-0.15, -0.1) is 0 Å². The minimum absolute atomic E-state index is 0.0849. The Hall–Kier alpha value is -2.94. The summed E-state index contributed by atoms with van der Waals surface area (Å²) in [6.45, 7) is 1.34. The summed E-state index contributed by atoms with van der Waals surface area (Å²) < 4.78 is 27.8. The number of hydrogen-bond acceptors (Lipinski definition) is 4. The molecule has 0 aromatic heterocycles. The Morgan fingerprint density at radius 1 is 0.974 bits per heavy atom. The van der Waals surface area contributed by atoms with E-state index in [0.29, 0.717) is 10.6 Å². The lowest BCUT2D eigenvalue weighted by atomic mass is 9.95. The standard InChI is InChI=1S/C29H34ClN3O4S/c1-21(29(35)31-25-13-4-3-5-14-25)33(19-24-12-8-9-15-27(24)30)28(34)20-32(2)38(36,37)26-17-16-22-10-6-7-11-23(22)18-26/h6-12,15-18,21,25H,3-5,13-14,19-20H2,1-2H3,(H,31,35)/t21-/m0/s1. The zero-order valence-corrected chi connectivity index (χ0v) is 23.3. The number of likely N-dealkylation sites (N-methyl/N-ethyl adjacent to an activating group) is 1. The topological polar surface area (TPSA) is 86.8 Å². The summed E-state index contributed by atoms with van der Waals surface area (Å²) in [6, 6.07) is 18.8. The molecule has 9 heteroatoms. The summed E-state index contributed by atoms with van der Waals surface area (Å²) in [6.07, 6.45) is 5.14. The van der Waals surface area contributed by atoms with Crippen LogP contribution in [0.2, 0.25) is 5.02 Å². The highest BCUT2D eigenvalue weighted by molar-refractivity contribution is 7.89. The average molecular weight is 556 g/mol. The Labute approximate surface area is 229 Å². The quantitative estimate of drug-likeness (QED) is 0.403. The highest BCUT2D eigenvalue weighted by atomic mass is 35.5. The van der Waals surface area contributed by atoms with Gasteiger partial charge in [-0.05, 0) is 54.3 Å². The Kier molecular flexibility index (Phi) is 9.07. The second kappa shape index (κ2) is 12.3. The van der Waals surface area contributed by atoms with Crippen molar-refractivity contribution in [1.82, 2.24) is 14.5 Å². The van der Waals surface area contributed by atoms with Gasteiger partial charge in [0.05, 0.1) is 11.4 Å². The number of halogens is 1. The first-order valence-corrected chi connectivity index (χ1v) is 14.8. The van der Waals surface area contributed by atoms with Crippen molar-refractivity contribution in [3.8, 4) is 0 Å². The van der Waals surface area contributed by atoms with E-state index in [-0.39, 0.29) is 23.4 Å². The van der Waals surface area contributed by atoms with E-state index in [9.17, 15) is 18.0 Å². The summed E-state index contributed by atoms with van der Waals surface area (Å²) in [4.78, 5) is 28.3. The highest BCUT2D eigenvalue weighted by Gasteiger charge is 2.31.